The van der Waals surface area contributed by atoms with Crippen molar-refractivity contribution in [2.45, 2.75) is 32.6 Å². The smallest absolute Gasteiger partial charge is 0.319 e. The maximum atomic E-state index is 12.7. The van der Waals surface area contributed by atoms with E-state index in [1.165, 1.54) is 4.57 Å². The molecule has 1 fully saturated rings. The lowest BCUT2D eigenvalue weighted by Gasteiger charge is -2.32. The van der Waals surface area contributed by atoms with E-state index in [1.807, 2.05) is 24.3 Å². The third kappa shape index (κ3) is 6.35. The lowest BCUT2D eigenvalue weighted by molar-refractivity contribution is 0.0688. The van der Waals surface area contributed by atoms with Crippen LogP contribution in [0.1, 0.15) is 43.0 Å². The third-order valence-corrected chi connectivity index (χ3v) is 5.69. The van der Waals surface area contributed by atoms with E-state index in [0.29, 0.717) is 31.9 Å². The van der Waals surface area contributed by atoms with E-state index in [-0.39, 0.29) is 29.0 Å². The SMILES string of the molecule is CCCCOc1ccc(NC(=O)NCC2CCN(C(=O)c3cccn(C)c3=O)CC2)cc1. The number of anilines is 1. The van der Waals surface area contributed by atoms with Crippen molar-refractivity contribution in [2.24, 2.45) is 13.0 Å². The van der Waals surface area contributed by atoms with E-state index in [2.05, 4.69) is 17.6 Å². The molecule has 1 aromatic carbocycles. The molecular weight excluding hydrogens is 408 g/mol. The van der Waals surface area contributed by atoms with Crippen LogP contribution < -0.4 is 20.9 Å². The van der Waals surface area contributed by atoms with Crippen LogP contribution in [0.4, 0.5) is 10.5 Å². The molecule has 3 amide bonds. The Balaban J connectivity index is 1.40. The number of hydrogen-bond acceptors (Lipinski definition) is 4. The van der Waals surface area contributed by atoms with Gasteiger partial charge >= 0.3 is 6.03 Å². The molecule has 8 nitrogen and oxygen atoms in total. The maximum Gasteiger partial charge on any atom is 0.319 e. The summed E-state index contributed by atoms with van der Waals surface area (Å²) in [7, 11) is 1.64. The maximum absolute atomic E-state index is 12.7. The molecule has 2 heterocycles. The van der Waals surface area contributed by atoms with Crippen LogP contribution in [0.25, 0.3) is 0 Å². The summed E-state index contributed by atoms with van der Waals surface area (Å²) in [6.07, 6.45) is 5.30. The molecule has 32 heavy (non-hydrogen) atoms. The number of rotatable bonds is 8. The summed E-state index contributed by atoms with van der Waals surface area (Å²) in [6.45, 7) is 4.50. The van der Waals surface area contributed by atoms with Gasteiger partial charge in [0.2, 0.25) is 0 Å². The Hall–Kier alpha value is -3.29. The molecule has 1 aliphatic heterocycles. The van der Waals surface area contributed by atoms with Gasteiger partial charge in [0.15, 0.2) is 0 Å². The van der Waals surface area contributed by atoms with Gasteiger partial charge in [-0.25, -0.2) is 4.79 Å². The molecule has 0 radical (unpaired) electrons. The van der Waals surface area contributed by atoms with Crippen molar-refractivity contribution in [1.82, 2.24) is 14.8 Å². The highest BCUT2D eigenvalue weighted by molar-refractivity contribution is 5.94. The normalized spacial score (nSPS) is 14.1. The van der Waals surface area contributed by atoms with Crippen LogP contribution in [0.5, 0.6) is 5.75 Å². The average Bonchev–Trinajstić information content (AvgIpc) is 2.81. The highest BCUT2D eigenvalue weighted by Gasteiger charge is 2.25. The van der Waals surface area contributed by atoms with Crippen molar-refractivity contribution < 1.29 is 14.3 Å². The molecule has 0 bridgehead atoms. The van der Waals surface area contributed by atoms with E-state index in [1.54, 1.807) is 30.3 Å². The summed E-state index contributed by atoms with van der Waals surface area (Å²) in [5.41, 5.74) is 0.626. The molecule has 0 spiro atoms. The van der Waals surface area contributed by atoms with Gasteiger partial charge in [0.1, 0.15) is 11.3 Å². The van der Waals surface area contributed by atoms with E-state index < -0.39 is 0 Å². The second-order valence-electron chi connectivity index (χ2n) is 8.13. The lowest BCUT2D eigenvalue weighted by atomic mass is 9.96. The Labute approximate surface area is 188 Å². The Kier molecular flexibility index (Phi) is 8.30. The number of aromatic nitrogens is 1. The fourth-order valence-corrected chi connectivity index (χ4v) is 3.65. The number of benzene rings is 1. The van der Waals surface area contributed by atoms with Gasteiger partial charge in [-0.15, -0.1) is 0 Å². The van der Waals surface area contributed by atoms with Crippen molar-refractivity contribution in [3.8, 4) is 5.75 Å². The number of unbranched alkanes of at least 4 members (excludes halogenated alkanes) is 1. The number of ether oxygens (including phenoxy) is 1. The Morgan fingerprint density at radius 2 is 1.84 bits per heavy atom. The van der Waals surface area contributed by atoms with Crippen LogP contribution in [0.3, 0.4) is 0 Å². The van der Waals surface area contributed by atoms with Crippen LogP contribution in [-0.4, -0.2) is 47.6 Å². The fraction of sp³-hybridized carbons (Fsp3) is 0.458. The predicted octanol–water partition coefficient (Wildman–Crippen LogP) is 3.24. The first-order valence-corrected chi connectivity index (χ1v) is 11.2. The van der Waals surface area contributed by atoms with Crippen molar-refractivity contribution in [1.29, 1.82) is 0 Å². The molecule has 0 atom stereocenters. The van der Waals surface area contributed by atoms with Gasteiger partial charge in [0.25, 0.3) is 11.5 Å². The number of piperidine rings is 1. The molecule has 0 saturated carbocycles. The Morgan fingerprint density at radius 1 is 1.12 bits per heavy atom. The van der Waals surface area contributed by atoms with Gasteiger partial charge in [0, 0.05) is 38.6 Å². The van der Waals surface area contributed by atoms with Crippen LogP contribution in [-0.2, 0) is 7.05 Å². The molecule has 1 aromatic heterocycles. The second kappa shape index (κ2) is 11.4. The van der Waals surface area contributed by atoms with Gasteiger partial charge in [-0.1, -0.05) is 13.3 Å². The van der Waals surface area contributed by atoms with E-state index in [9.17, 15) is 14.4 Å². The number of nitrogens with one attached hydrogen (secondary N) is 2. The van der Waals surface area contributed by atoms with Gasteiger partial charge in [-0.05, 0) is 61.6 Å². The van der Waals surface area contributed by atoms with Crippen molar-refractivity contribution in [3.63, 3.8) is 0 Å². The van der Waals surface area contributed by atoms with Crippen molar-refractivity contribution in [2.75, 3.05) is 31.6 Å². The number of carbonyl (C=O) groups excluding carboxylic acids is 2. The molecule has 172 valence electrons. The number of hydrogen-bond donors (Lipinski definition) is 2. The first-order chi connectivity index (χ1) is 15.5. The topological polar surface area (TPSA) is 92.7 Å². The first kappa shape index (κ1) is 23.4. The lowest BCUT2D eigenvalue weighted by Crippen LogP contribution is -2.43. The van der Waals surface area contributed by atoms with Gasteiger partial charge in [-0.3, -0.25) is 9.59 Å². The minimum atomic E-state index is -0.279. The Morgan fingerprint density at radius 3 is 2.53 bits per heavy atom. The number of urea groups is 1. The summed E-state index contributed by atoms with van der Waals surface area (Å²) in [4.78, 5) is 38.8. The zero-order valence-corrected chi connectivity index (χ0v) is 18.8. The van der Waals surface area contributed by atoms with E-state index >= 15 is 0 Å². The highest BCUT2D eigenvalue weighted by Crippen LogP contribution is 2.19. The minimum absolute atomic E-state index is 0.202. The standard InChI is InChI=1S/C24H32N4O4/c1-3-4-16-32-20-9-7-19(8-10-20)26-24(31)25-17-18-11-14-28(15-12-18)23(30)21-6-5-13-27(2)22(21)29/h5-10,13,18H,3-4,11-12,14-17H2,1-2H3,(H2,25,26,31). The van der Waals surface area contributed by atoms with Crippen LogP contribution in [0.2, 0.25) is 0 Å². The average molecular weight is 441 g/mol. The minimum Gasteiger partial charge on any atom is -0.494 e. The number of aryl methyl sites for hydroxylation is 1. The van der Waals surface area contributed by atoms with Gasteiger partial charge in [-0.2, -0.15) is 0 Å². The van der Waals surface area contributed by atoms with Gasteiger partial charge in [0.05, 0.1) is 6.61 Å². The van der Waals surface area contributed by atoms with Gasteiger partial charge < -0.3 is 24.8 Å². The molecule has 0 aliphatic carbocycles. The quantitative estimate of drug-likeness (QED) is 0.617. The summed E-state index contributed by atoms with van der Waals surface area (Å²) in [5.74, 6) is 0.856. The number of nitrogens with zero attached hydrogens (tertiary/aromatic N) is 2. The molecule has 1 saturated heterocycles. The molecule has 2 N–H and O–H groups in total. The monoisotopic (exact) mass is 440 g/mol. The predicted molar refractivity (Wildman–Crippen MR) is 124 cm³/mol. The number of likely N-dealkylation sites (tertiary alicyclic amines) is 1. The van der Waals surface area contributed by atoms with Crippen LogP contribution in [0.15, 0.2) is 47.4 Å². The zero-order chi connectivity index (χ0) is 22.9. The third-order valence-electron chi connectivity index (χ3n) is 5.69. The fourth-order valence-electron chi connectivity index (χ4n) is 3.65. The van der Waals surface area contributed by atoms with Crippen LogP contribution >= 0.6 is 0 Å². The molecule has 8 heteroatoms. The van der Waals surface area contributed by atoms with Crippen molar-refractivity contribution in [3.05, 3.63) is 58.5 Å². The summed E-state index contributed by atoms with van der Waals surface area (Å²) >= 11 is 0. The summed E-state index contributed by atoms with van der Waals surface area (Å²) in [5, 5.41) is 5.74. The van der Waals surface area contributed by atoms with E-state index in [4.69, 9.17) is 4.74 Å². The zero-order valence-electron chi connectivity index (χ0n) is 18.8. The Bertz CT molecular complexity index is 963. The first-order valence-electron chi connectivity index (χ1n) is 11.2. The largest absolute Gasteiger partial charge is 0.494 e. The molecule has 3 rings (SSSR count). The van der Waals surface area contributed by atoms with E-state index in [0.717, 1.165) is 31.4 Å². The van der Waals surface area contributed by atoms with Crippen molar-refractivity contribution >= 4 is 17.6 Å². The number of pyridine rings is 1. The number of amides is 3. The summed E-state index contributed by atoms with van der Waals surface area (Å²) in [6, 6.07) is 10.4. The summed E-state index contributed by atoms with van der Waals surface area (Å²) < 4.78 is 7.04. The molecular formula is C24H32N4O4. The molecule has 0 unspecified atom stereocenters. The second-order valence-corrected chi connectivity index (χ2v) is 8.13. The molecule has 1 aliphatic rings. The highest BCUT2D eigenvalue weighted by atomic mass is 16.5. The number of carbonyl (C=O) groups is 2. The van der Waals surface area contributed by atoms with Crippen LogP contribution in [0, 0.1) is 5.92 Å². The molecule has 2 aromatic rings.